The van der Waals surface area contributed by atoms with Gasteiger partial charge in [0.05, 0.1) is 22.7 Å². The minimum atomic E-state index is -0.774. The average Bonchev–Trinajstić information content (AvgIpc) is 3.19. The maximum absolute atomic E-state index is 13.1. The highest BCUT2D eigenvalue weighted by Gasteiger charge is 2.26. The first-order chi connectivity index (χ1) is 18.4. The van der Waals surface area contributed by atoms with E-state index in [4.69, 9.17) is 10.5 Å². The van der Waals surface area contributed by atoms with Gasteiger partial charge in [-0.25, -0.2) is 13.4 Å². The van der Waals surface area contributed by atoms with Crippen molar-refractivity contribution in [3.8, 4) is 11.8 Å². The zero-order valence-electron chi connectivity index (χ0n) is 22.2. The number of likely N-dealkylation sites (N-methyl/N-ethyl adjacent to an activating group) is 1. The van der Waals surface area contributed by atoms with Crippen molar-refractivity contribution in [3.05, 3.63) is 34.2 Å². The SMILES string of the molecule is CNC(=O)C(CCC=O)n1c(=O)n(C)c2c(C#CCOC3CCN(SN4CCC(N)CC4)CC3)cccc21. The molecule has 1 aromatic heterocycles. The van der Waals surface area contributed by atoms with Gasteiger partial charge in [-0.15, -0.1) is 0 Å². The predicted octanol–water partition coefficient (Wildman–Crippen LogP) is 1.43. The van der Waals surface area contributed by atoms with Crippen LogP contribution < -0.4 is 16.7 Å². The number of amides is 1. The van der Waals surface area contributed by atoms with E-state index in [0.29, 0.717) is 29.2 Å². The predicted molar refractivity (Wildman–Crippen MR) is 149 cm³/mol. The van der Waals surface area contributed by atoms with Crippen LogP contribution >= 0.6 is 12.1 Å². The minimum Gasteiger partial charge on any atom is -0.365 e. The monoisotopic (exact) mass is 542 g/mol. The van der Waals surface area contributed by atoms with Crippen LogP contribution in [0.2, 0.25) is 0 Å². The molecule has 2 saturated heterocycles. The van der Waals surface area contributed by atoms with Gasteiger partial charge in [0.1, 0.15) is 18.9 Å². The average molecular weight is 543 g/mol. The normalized spacial score (nSPS) is 18.7. The summed E-state index contributed by atoms with van der Waals surface area (Å²) in [5, 5.41) is 2.61. The van der Waals surface area contributed by atoms with Crippen LogP contribution in [0.5, 0.6) is 0 Å². The summed E-state index contributed by atoms with van der Waals surface area (Å²) >= 11 is 1.84. The van der Waals surface area contributed by atoms with E-state index in [1.165, 1.54) is 16.2 Å². The lowest BCUT2D eigenvalue weighted by molar-refractivity contribution is -0.124. The van der Waals surface area contributed by atoms with Crippen LogP contribution in [0.15, 0.2) is 23.0 Å². The number of hydrogen-bond acceptors (Lipinski definition) is 8. The standard InChI is InChI=1S/C27H38N6O4S/c1-29-26(35)24(9-4-18-34)33-23-8-3-6-20(25(23)30(2)27(33)36)7-5-19-37-22-12-16-32(17-13-22)38-31-14-10-21(28)11-15-31/h3,6,8,18,21-22,24H,4,9-17,19,28H2,1-2H3,(H,29,35). The Bertz CT molecular complexity index is 1230. The number of carbonyl (C=O) groups is 2. The van der Waals surface area contributed by atoms with Gasteiger partial charge in [0.15, 0.2) is 0 Å². The first-order valence-electron chi connectivity index (χ1n) is 13.3. The fraction of sp³-hybridized carbons (Fsp3) is 0.593. The van der Waals surface area contributed by atoms with Crippen LogP contribution in [0, 0.1) is 11.8 Å². The first-order valence-corrected chi connectivity index (χ1v) is 14.0. The van der Waals surface area contributed by atoms with Crippen LogP contribution in [0.1, 0.15) is 50.1 Å². The molecular weight excluding hydrogens is 504 g/mol. The van der Waals surface area contributed by atoms with Crippen molar-refractivity contribution in [2.45, 2.75) is 56.7 Å². The van der Waals surface area contributed by atoms with Gasteiger partial charge in [-0.05, 0) is 44.2 Å². The summed E-state index contributed by atoms with van der Waals surface area (Å²) in [5.74, 6) is 5.97. The Labute approximate surface area is 228 Å². The second kappa shape index (κ2) is 13.4. The number of nitrogens with two attached hydrogens (primary N) is 1. The lowest BCUT2D eigenvalue weighted by Crippen LogP contribution is -2.40. The topological polar surface area (TPSA) is 115 Å². The highest BCUT2D eigenvalue weighted by molar-refractivity contribution is 7.94. The quantitative estimate of drug-likeness (QED) is 0.278. The van der Waals surface area contributed by atoms with Gasteiger partial charge in [-0.2, -0.15) is 0 Å². The summed E-state index contributed by atoms with van der Waals surface area (Å²) in [5.41, 5.74) is 7.67. The second-order valence-corrected chi connectivity index (χ2v) is 11.0. The third-order valence-electron chi connectivity index (χ3n) is 7.27. The summed E-state index contributed by atoms with van der Waals surface area (Å²) in [6.07, 6.45) is 5.43. The molecule has 2 aliphatic heterocycles. The number of nitrogens with one attached hydrogen (secondary N) is 1. The van der Waals surface area contributed by atoms with Crippen molar-refractivity contribution in [1.29, 1.82) is 0 Å². The molecule has 4 rings (SSSR count). The number of para-hydroxylation sites is 1. The molecule has 0 aliphatic carbocycles. The number of aromatic nitrogens is 2. The number of carbonyl (C=O) groups excluding carboxylic acids is 2. The third kappa shape index (κ3) is 6.68. The van der Waals surface area contributed by atoms with E-state index in [0.717, 1.165) is 58.1 Å². The molecule has 0 spiro atoms. The maximum atomic E-state index is 13.1. The Morgan fingerprint density at radius 1 is 1.21 bits per heavy atom. The van der Waals surface area contributed by atoms with Gasteiger partial charge in [0, 0.05) is 64.9 Å². The van der Waals surface area contributed by atoms with Crippen LogP contribution in [-0.2, 0) is 21.4 Å². The summed E-state index contributed by atoms with van der Waals surface area (Å²) in [7, 11) is 3.20. The minimum absolute atomic E-state index is 0.183. The number of nitrogens with zero attached hydrogens (tertiary/aromatic N) is 4. The number of rotatable bonds is 9. The van der Waals surface area contributed by atoms with Gasteiger partial charge in [-0.1, -0.05) is 17.9 Å². The van der Waals surface area contributed by atoms with E-state index in [1.54, 1.807) is 13.1 Å². The van der Waals surface area contributed by atoms with Crippen molar-refractivity contribution in [1.82, 2.24) is 23.1 Å². The number of piperidine rings is 2. The van der Waals surface area contributed by atoms with Crippen LogP contribution in [0.3, 0.4) is 0 Å². The number of aryl methyl sites for hydroxylation is 1. The summed E-state index contributed by atoms with van der Waals surface area (Å²) < 4.78 is 13.9. The van der Waals surface area contributed by atoms with E-state index in [-0.39, 0.29) is 30.5 Å². The maximum Gasteiger partial charge on any atom is 0.329 e. The lowest BCUT2D eigenvalue weighted by atomic mass is 10.1. The van der Waals surface area contributed by atoms with Crippen molar-refractivity contribution in [3.63, 3.8) is 0 Å². The van der Waals surface area contributed by atoms with Gasteiger partial charge in [-0.3, -0.25) is 13.9 Å². The van der Waals surface area contributed by atoms with Crippen molar-refractivity contribution >= 4 is 35.4 Å². The van der Waals surface area contributed by atoms with E-state index in [1.807, 2.05) is 24.3 Å². The Balaban J connectivity index is 1.38. The molecule has 11 heteroatoms. The third-order valence-corrected chi connectivity index (χ3v) is 8.46. The van der Waals surface area contributed by atoms with E-state index in [2.05, 4.69) is 25.8 Å². The molecule has 0 saturated carbocycles. The van der Waals surface area contributed by atoms with Crippen molar-refractivity contribution in [2.75, 3.05) is 39.8 Å². The number of fused-ring (bicyclic) bond motifs is 1. The highest BCUT2D eigenvalue weighted by Crippen LogP contribution is 2.26. The number of imidazole rings is 1. The van der Waals surface area contributed by atoms with Crippen molar-refractivity contribution in [2.24, 2.45) is 12.8 Å². The Kier molecular flexibility index (Phi) is 10.0. The summed E-state index contributed by atoms with van der Waals surface area (Å²) in [6, 6.07) is 5.07. The second-order valence-electron chi connectivity index (χ2n) is 9.85. The number of ether oxygens (including phenoxy) is 1. The molecule has 3 heterocycles. The van der Waals surface area contributed by atoms with E-state index >= 15 is 0 Å². The van der Waals surface area contributed by atoms with E-state index in [9.17, 15) is 14.4 Å². The molecule has 0 radical (unpaired) electrons. The molecule has 206 valence electrons. The summed E-state index contributed by atoms with van der Waals surface area (Å²) in [6.45, 7) is 4.37. The summed E-state index contributed by atoms with van der Waals surface area (Å²) in [4.78, 5) is 36.7. The van der Waals surface area contributed by atoms with Crippen LogP contribution in [-0.4, -0.2) is 81.9 Å². The molecule has 1 amide bonds. The zero-order valence-corrected chi connectivity index (χ0v) is 23.0. The smallest absolute Gasteiger partial charge is 0.329 e. The zero-order chi connectivity index (χ0) is 27.1. The number of aldehydes is 1. The van der Waals surface area contributed by atoms with Gasteiger partial charge < -0.3 is 20.6 Å². The number of benzene rings is 1. The molecule has 1 atom stereocenters. The highest BCUT2D eigenvalue weighted by atomic mass is 32.2. The fourth-order valence-electron chi connectivity index (χ4n) is 5.10. The largest absolute Gasteiger partial charge is 0.365 e. The van der Waals surface area contributed by atoms with Crippen LogP contribution in [0.4, 0.5) is 0 Å². The molecule has 0 bridgehead atoms. The van der Waals surface area contributed by atoms with Crippen molar-refractivity contribution < 1.29 is 14.3 Å². The van der Waals surface area contributed by atoms with Gasteiger partial charge in [0.25, 0.3) is 0 Å². The molecule has 2 fully saturated rings. The fourth-order valence-corrected chi connectivity index (χ4v) is 6.18. The van der Waals surface area contributed by atoms with Crippen LogP contribution in [0.25, 0.3) is 11.0 Å². The molecule has 2 aliphatic rings. The molecule has 38 heavy (non-hydrogen) atoms. The number of hydrogen-bond donors (Lipinski definition) is 2. The molecule has 10 nitrogen and oxygen atoms in total. The molecule has 1 unspecified atom stereocenters. The molecule has 1 aromatic carbocycles. The Morgan fingerprint density at radius 2 is 1.89 bits per heavy atom. The van der Waals surface area contributed by atoms with E-state index < -0.39 is 6.04 Å². The Morgan fingerprint density at radius 3 is 2.55 bits per heavy atom. The van der Waals surface area contributed by atoms with Gasteiger partial charge in [0.2, 0.25) is 5.91 Å². The molecule has 2 aromatic rings. The molecular formula is C27H38N6O4S. The van der Waals surface area contributed by atoms with Gasteiger partial charge >= 0.3 is 5.69 Å². The Hall–Kier alpha value is -2.62. The molecule has 3 N–H and O–H groups in total. The first kappa shape index (κ1) is 28.4. The lowest BCUT2D eigenvalue weighted by Gasteiger charge is -2.36.